The van der Waals surface area contributed by atoms with Gasteiger partial charge in [-0.1, -0.05) is 43.2 Å². The Morgan fingerprint density at radius 3 is 2.57 bits per heavy atom. The third kappa shape index (κ3) is 4.35. The summed E-state index contributed by atoms with van der Waals surface area (Å²) < 4.78 is 14.2. The number of carbonyl (C=O) groups excluding carboxylic acids is 2. The van der Waals surface area contributed by atoms with Gasteiger partial charge in [0.25, 0.3) is 5.91 Å². The first-order valence-corrected chi connectivity index (χ1v) is 10.2. The van der Waals surface area contributed by atoms with Crippen LogP contribution in [0.5, 0.6) is 0 Å². The van der Waals surface area contributed by atoms with Crippen molar-refractivity contribution in [3.05, 3.63) is 71.0 Å². The second-order valence-electron chi connectivity index (χ2n) is 8.07. The summed E-state index contributed by atoms with van der Waals surface area (Å²) >= 11 is 0. The number of nitrogens with one attached hydrogen (secondary N) is 1. The van der Waals surface area contributed by atoms with Crippen LogP contribution < -0.4 is 11.1 Å². The van der Waals surface area contributed by atoms with Crippen LogP contribution >= 0.6 is 0 Å². The zero-order chi connectivity index (χ0) is 21.1. The maximum absolute atomic E-state index is 14.2. The number of carbonyl (C=O) groups is 2. The Hall–Kier alpha value is -3.22. The highest BCUT2D eigenvalue weighted by Gasteiger charge is 2.41. The quantitative estimate of drug-likeness (QED) is 0.797. The summed E-state index contributed by atoms with van der Waals surface area (Å²) in [7, 11) is 0. The predicted molar refractivity (Wildman–Crippen MR) is 112 cm³/mol. The van der Waals surface area contributed by atoms with Crippen LogP contribution in [0.4, 0.5) is 4.39 Å². The number of amides is 2. The fraction of sp³-hybridized carbons (Fsp3) is 0.348. The Balaban J connectivity index is 1.48. The van der Waals surface area contributed by atoms with Crippen molar-refractivity contribution in [2.75, 3.05) is 0 Å². The number of halogens is 1. The molecule has 0 unspecified atom stereocenters. The number of aliphatic imine (C=N–C) groups is 1. The molecule has 4 rings (SSSR count). The molecule has 30 heavy (non-hydrogen) atoms. The summed E-state index contributed by atoms with van der Waals surface area (Å²) in [5.41, 5.74) is 7.39. The first-order valence-electron chi connectivity index (χ1n) is 10.2. The molecule has 0 aromatic heterocycles. The van der Waals surface area contributed by atoms with Crippen molar-refractivity contribution < 1.29 is 14.0 Å². The molecule has 6 nitrogen and oxygen atoms in total. The van der Waals surface area contributed by atoms with Crippen molar-refractivity contribution in [1.29, 1.82) is 0 Å². The lowest BCUT2D eigenvalue weighted by atomic mass is 9.92. The number of guanidine groups is 1. The van der Waals surface area contributed by atoms with Crippen LogP contribution in [-0.4, -0.2) is 28.2 Å². The third-order valence-corrected chi connectivity index (χ3v) is 5.80. The molecule has 0 bridgehead atoms. The molecule has 3 N–H and O–H groups in total. The summed E-state index contributed by atoms with van der Waals surface area (Å²) in [6, 6.07) is 13.6. The van der Waals surface area contributed by atoms with Crippen LogP contribution in [0.25, 0.3) is 0 Å². The van der Waals surface area contributed by atoms with Crippen molar-refractivity contribution in [1.82, 2.24) is 10.2 Å². The Labute approximate surface area is 175 Å². The van der Waals surface area contributed by atoms with Crippen LogP contribution in [0, 0.1) is 5.82 Å². The maximum Gasteiger partial charge on any atom is 0.251 e. The van der Waals surface area contributed by atoms with Gasteiger partial charge in [-0.15, -0.1) is 0 Å². The molecule has 7 heteroatoms. The van der Waals surface area contributed by atoms with E-state index in [4.69, 9.17) is 5.73 Å². The minimum atomic E-state index is -0.537. The Morgan fingerprint density at radius 2 is 1.87 bits per heavy atom. The highest BCUT2D eigenvalue weighted by molar-refractivity contribution is 5.99. The van der Waals surface area contributed by atoms with Crippen molar-refractivity contribution in [2.45, 2.75) is 50.7 Å². The molecule has 2 amide bonds. The number of nitrogens with two attached hydrogens (primary N) is 1. The van der Waals surface area contributed by atoms with E-state index < -0.39 is 5.82 Å². The Kier molecular flexibility index (Phi) is 5.53. The third-order valence-electron chi connectivity index (χ3n) is 5.80. The molecule has 1 spiro atoms. The smallest absolute Gasteiger partial charge is 0.251 e. The first-order chi connectivity index (χ1) is 14.4. The lowest BCUT2D eigenvalue weighted by Crippen LogP contribution is -2.50. The van der Waals surface area contributed by atoms with Gasteiger partial charge in [-0.3, -0.25) is 14.5 Å². The average molecular weight is 408 g/mol. The lowest BCUT2D eigenvalue weighted by Gasteiger charge is -2.35. The molecule has 1 fully saturated rings. The van der Waals surface area contributed by atoms with E-state index in [0.717, 1.165) is 31.2 Å². The SMILES string of the molecule is NC1=NC2(CCCC2)CC(=O)N1Cc1cc(F)cc(C(=O)NCc2ccccc2)c1. The van der Waals surface area contributed by atoms with Crippen molar-refractivity contribution in [3.8, 4) is 0 Å². The fourth-order valence-corrected chi connectivity index (χ4v) is 4.27. The van der Waals surface area contributed by atoms with Crippen LogP contribution in [0.15, 0.2) is 53.5 Å². The average Bonchev–Trinajstić information content (AvgIpc) is 3.16. The van der Waals surface area contributed by atoms with Gasteiger partial charge < -0.3 is 11.1 Å². The van der Waals surface area contributed by atoms with Crippen molar-refractivity contribution >= 4 is 17.8 Å². The molecule has 0 saturated heterocycles. The first kappa shape index (κ1) is 20.1. The zero-order valence-electron chi connectivity index (χ0n) is 16.7. The van der Waals surface area contributed by atoms with Gasteiger partial charge in [0.15, 0.2) is 5.96 Å². The second-order valence-corrected chi connectivity index (χ2v) is 8.07. The molecular formula is C23H25FN4O2. The minimum absolute atomic E-state index is 0.0843. The highest BCUT2D eigenvalue weighted by Crippen LogP contribution is 2.39. The van der Waals surface area contributed by atoms with E-state index in [2.05, 4.69) is 10.3 Å². The summed E-state index contributed by atoms with van der Waals surface area (Å²) in [4.78, 5) is 31.2. The van der Waals surface area contributed by atoms with E-state index in [-0.39, 0.29) is 35.4 Å². The van der Waals surface area contributed by atoms with Crippen LogP contribution in [0.3, 0.4) is 0 Å². The van der Waals surface area contributed by atoms with Gasteiger partial charge in [0.2, 0.25) is 5.91 Å². The number of nitrogens with zero attached hydrogens (tertiary/aromatic N) is 2. The molecule has 1 aliphatic heterocycles. The number of hydrogen-bond acceptors (Lipinski definition) is 4. The molecule has 1 saturated carbocycles. The van der Waals surface area contributed by atoms with Crippen LogP contribution in [0.2, 0.25) is 0 Å². The van der Waals surface area contributed by atoms with Gasteiger partial charge in [-0.25, -0.2) is 9.38 Å². The molecule has 2 aromatic carbocycles. The molecule has 1 aliphatic carbocycles. The van der Waals surface area contributed by atoms with E-state index in [1.165, 1.54) is 17.0 Å². The Morgan fingerprint density at radius 1 is 1.13 bits per heavy atom. The number of benzene rings is 2. The number of rotatable bonds is 5. The van der Waals surface area contributed by atoms with E-state index in [0.29, 0.717) is 18.5 Å². The van der Waals surface area contributed by atoms with E-state index in [1.807, 2.05) is 30.3 Å². The molecule has 0 radical (unpaired) electrons. The molecule has 0 atom stereocenters. The van der Waals surface area contributed by atoms with Crippen molar-refractivity contribution in [3.63, 3.8) is 0 Å². The number of hydrogen-bond donors (Lipinski definition) is 2. The van der Waals surface area contributed by atoms with Gasteiger partial charge in [0.05, 0.1) is 18.5 Å². The molecule has 156 valence electrons. The summed E-state index contributed by atoms with van der Waals surface area (Å²) in [5.74, 6) is -0.850. The largest absolute Gasteiger partial charge is 0.369 e. The van der Waals surface area contributed by atoms with Gasteiger partial charge in [-0.2, -0.15) is 0 Å². The second kappa shape index (κ2) is 8.26. The molecule has 2 aliphatic rings. The highest BCUT2D eigenvalue weighted by atomic mass is 19.1. The maximum atomic E-state index is 14.2. The minimum Gasteiger partial charge on any atom is -0.369 e. The van der Waals surface area contributed by atoms with Gasteiger partial charge in [-0.05, 0) is 42.2 Å². The standard InChI is InChI=1S/C23H25FN4O2/c24-19-11-17(10-18(12-19)21(30)26-14-16-6-2-1-3-7-16)15-28-20(29)13-23(27-22(28)25)8-4-5-9-23/h1-3,6-7,10-12H,4-5,8-9,13-15H2,(H2,25,27)(H,26,30). The van der Waals surface area contributed by atoms with Gasteiger partial charge >= 0.3 is 0 Å². The predicted octanol–water partition coefficient (Wildman–Crippen LogP) is 3.12. The Bertz CT molecular complexity index is 984. The van der Waals surface area contributed by atoms with Crippen LogP contribution in [0.1, 0.15) is 53.6 Å². The molecular weight excluding hydrogens is 383 g/mol. The lowest BCUT2D eigenvalue weighted by molar-refractivity contribution is -0.130. The fourth-order valence-electron chi connectivity index (χ4n) is 4.27. The summed E-state index contributed by atoms with van der Waals surface area (Å²) in [5, 5.41) is 2.79. The zero-order valence-corrected chi connectivity index (χ0v) is 16.7. The summed E-state index contributed by atoms with van der Waals surface area (Å²) in [6.45, 7) is 0.429. The molecule has 2 aromatic rings. The monoisotopic (exact) mass is 408 g/mol. The summed E-state index contributed by atoms with van der Waals surface area (Å²) in [6.07, 6.45) is 4.18. The van der Waals surface area contributed by atoms with E-state index >= 15 is 0 Å². The van der Waals surface area contributed by atoms with Crippen molar-refractivity contribution in [2.24, 2.45) is 10.7 Å². The normalized spacial score (nSPS) is 17.8. The van der Waals surface area contributed by atoms with Gasteiger partial charge in [0.1, 0.15) is 5.82 Å². The van der Waals surface area contributed by atoms with Crippen LogP contribution in [-0.2, 0) is 17.9 Å². The van der Waals surface area contributed by atoms with Gasteiger partial charge in [0, 0.05) is 12.1 Å². The topological polar surface area (TPSA) is 87.8 Å². The van der Waals surface area contributed by atoms with E-state index in [1.54, 1.807) is 6.07 Å². The van der Waals surface area contributed by atoms with E-state index in [9.17, 15) is 14.0 Å². The molecule has 1 heterocycles.